The Hall–Kier alpha value is -1.85. The third kappa shape index (κ3) is 2.21. The maximum Gasteiger partial charge on any atom is 0.208 e. The van der Waals surface area contributed by atoms with E-state index in [1.54, 1.807) is 12.3 Å². The predicted octanol–water partition coefficient (Wildman–Crippen LogP) is 3.82. The van der Waals surface area contributed by atoms with E-state index < -0.39 is 0 Å². The minimum absolute atomic E-state index is 0.270. The molecule has 1 unspecified atom stereocenters. The normalized spacial score (nSPS) is 19.8. The summed E-state index contributed by atoms with van der Waals surface area (Å²) in [5, 5.41) is 0.371. The second-order valence-electron chi connectivity index (χ2n) is 5.72. The van der Waals surface area contributed by atoms with Gasteiger partial charge in [-0.25, -0.2) is 14.5 Å². The zero-order valence-electron chi connectivity index (χ0n) is 12.4. The summed E-state index contributed by atoms with van der Waals surface area (Å²) in [7, 11) is 2.15. The first-order chi connectivity index (χ1) is 10.7. The van der Waals surface area contributed by atoms with Crippen molar-refractivity contribution in [3.05, 3.63) is 41.5 Å². The summed E-state index contributed by atoms with van der Waals surface area (Å²) in [6.07, 6.45) is 5.32. The molecule has 4 rings (SSSR count). The Morgan fingerprint density at radius 3 is 2.95 bits per heavy atom. The van der Waals surface area contributed by atoms with Crippen molar-refractivity contribution < 1.29 is 4.42 Å². The van der Waals surface area contributed by atoms with Gasteiger partial charge < -0.3 is 4.42 Å². The molecule has 1 fully saturated rings. The van der Waals surface area contributed by atoms with Gasteiger partial charge in [0.2, 0.25) is 5.88 Å². The van der Waals surface area contributed by atoms with E-state index in [0.29, 0.717) is 11.1 Å². The van der Waals surface area contributed by atoms with Crippen molar-refractivity contribution in [2.24, 2.45) is 0 Å². The van der Waals surface area contributed by atoms with Crippen LogP contribution in [0.3, 0.4) is 0 Å². The molecule has 1 atom stereocenters. The van der Waals surface area contributed by atoms with Gasteiger partial charge in [0.05, 0.1) is 6.04 Å². The van der Waals surface area contributed by atoms with Gasteiger partial charge in [-0.3, -0.25) is 4.90 Å². The summed E-state index contributed by atoms with van der Waals surface area (Å²) in [5.41, 5.74) is 1.69. The number of rotatable bonds is 2. The highest BCUT2D eigenvalue weighted by molar-refractivity contribution is 6.28. The average Bonchev–Trinajstić information content (AvgIpc) is 3.10. The Labute approximate surface area is 133 Å². The number of likely N-dealkylation sites (tertiary alicyclic amines) is 1. The van der Waals surface area contributed by atoms with Gasteiger partial charge in [0.1, 0.15) is 11.3 Å². The van der Waals surface area contributed by atoms with Crippen LogP contribution >= 0.6 is 11.6 Å². The zero-order chi connectivity index (χ0) is 15.1. The number of nitrogens with zero attached hydrogens (tertiary/aromatic N) is 4. The third-order valence-corrected chi connectivity index (χ3v) is 4.49. The Morgan fingerprint density at radius 2 is 2.18 bits per heavy atom. The minimum atomic E-state index is 0.270. The summed E-state index contributed by atoms with van der Waals surface area (Å²) in [5.74, 6) is 1.64. The van der Waals surface area contributed by atoms with Crippen LogP contribution in [0.2, 0.25) is 5.22 Å². The van der Waals surface area contributed by atoms with Crippen molar-refractivity contribution in [3.63, 3.8) is 0 Å². The molecule has 3 aromatic rings. The van der Waals surface area contributed by atoms with Crippen LogP contribution in [0, 0.1) is 0 Å². The number of hydrogen-bond acceptors (Lipinski definition) is 4. The monoisotopic (exact) mass is 316 g/mol. The second-order valence-corrected chi connectivity index (χ2v) is 6.09. The highest BCUT2D eigenvalue weighted by Gasteiger charge is 2.28. The second kappa shape index (κ2) is 5.41. The van der Waals surface area contributed by atoms with E-state index in [-0.39, 0.29) is 6.04 Å². The topological polar surface area (TPSA) is 47.1 Å². The van der Waals surface area contributed by atoms with Gasteiger partial charge in [0.15, 0.2) is 10.9 Å². The third-order valence-electron chi connectivity index (χ3n) is 4.29. The molecule has 0 aliphatic carbocycles. The van der Waals surface area contributed by atoms with Crippen molar-refractivity contribution in [1.82, 2.24) is 19.4 Å². The van der Waals surface area contributed by atoms with E-state index in [1.165, 1.54) is 12.8 Å². The van der Waals surface area contributed by atoms with Gasteiger partial charge in [0, 0.05) is 12.3 Å². The fourth-order valence-electron chi connectivity index (χ4n) is 3.20. The highest BCUT2D eigenvalue weighted by atomic mass is 35.5. The quantitative estimate of drug-likeness (QED) is 0.721. The molecule has 0 amide bonds. The van der Waals surface area contributed by atoms with Gasteiger partial charge in [0.25, 0.3) is 0 Å². The molecule has 1 aliphatic rings. The standard InChI is InChI=1S/C16H17ClN4O/c1-20-10-3-2-6-12(20)16-19-11-5-4-9-18-15(11)21(16)14-8-7-13(17)22-14/h4-5,7-9,12H,2-3,6,10H2,1H3. The lowest BCUT2D eigenvalue weighted by atomic mass is 10.0. The van der Waals surface area contributed by atoms with E-state index in [2.05, 4.69) is 16.9 Å². The van der Waals surface area contributed by atoms with Gasteiger partial charge in [-0.15, -0.1) is 0 Å². The largest absolute Gasteiger partial charge is 0.428 e. The number of piperidine rings is 1. The minimum Gasteiger partial charge on any atom is -0.428 e. The maximum atomic E-state index is 5.96. The van der Waals surface area contributed by atoms with E-state index in [9.17, 15) is 0 Å². The van der Waals surface area contributed by atoms with Crippen LogP contribution in [0.1, 0.15) is 31.1 Å². The van der Waals surface area contributed by atoms with Crippen molar-refractivity contribution in [2.45, 2.75) is 25.3 Å². The van der Waals surface area contributed by atoms with Gasteiger partial charge in [-0.1, -0.05) is 6.42 Å². The first-order valence-electron chi connectivity index (χ1n) is 7.53. The smallest absolute Gasteiger partial charge is 0.208 e. The van der Waals surface area contributed by atoms with Crippen molar-refractivity contribution in [1.29, 1.82) is 0 Å². The number of fused-ring (bicyclic) bond motifs is 1. The molecule has 0 bridgehead atoms. The van der Waals surface area contributed by atoms with Crippen LogP contribution in [-0.4, -0.2) is 33.0 Å². The molecular weight excluding hydrogens is 300 g/mol. The van der Waals surface area contributed by atoms with Gasteiger partial charge in [-0.05, 0) is 56.2 Å². The van der Waals surface area contributed by atoms with Gasteiger partial charge >= 0.3 is 0 Å². The Kier molecular flexibility index (Phi) is 3.39. The number of aromatic nitrogens is 3. The molecule has 5 nitrogen and oxygen atoms in total. The van der Waals surface area contributed by atoms with E-state index in [4.69, 9.17) is 21.0 Å². The molecule has 6 heteroatoms. The highest BCUT2D eigenvalue weighted by Crippen LogP contribution is 2.33. The Bertz CT molecular complexity index is 809. The van der Waals surface area contributed by atoms with Crippen molar-refractivity contribution >= 4 is 22.8 Å². The van der Waals surface area contributed by atoms with E-state index >= 15 is 0 Å². The Balaban J connectivity index is 1.93. The van der Waals surface area contributed by atoms with Crippen LogP contribution in [-0.2, 0) is 0 Å². The fraction of sp³-hybridized carbons (Fsp3) is 0.375. The van der Waals surface area contributed by atoms with Crippen LogP contribution in [0.4, 0.5) is 0 Å². The molecule has 114 valence electrons. The molecule has 0 aromatic carbocycles. The molecule has 0 spiro atoms. The lowest BCUT2D eigenvalue weighted by Crippen LogP contribution is -2.31. The average molecular weight is 317 g/mol. The lowest BCUT2D eigenvalue weighted by Gasteiger charge is -2.31. The molecular formula is C16H17ClN4O. The molecule has 0 saturated carbocycles. The summed E-state index contributed by atoms with van der Waals surface area (Å²) < 4.78 is 7.63. The fourth-order valence-corrected chi connectivity index (χ4v) is 3.34. The van der Waals surface area contributed by atoms with Gasteiger partial charge in [-0.2, -0.15) is 0 Å². The summed E-state index contributed by atoms with van der Waals surface area (Å²) in [6.45, 7) is 1.08. The number of furan rings is 1. The van der Waals surface area contributed by atoms with Crippen molar-refractivity contribution in [2.75, 3.05) is 13.6 Å². The van der Waals surface area contributed by atoms with Crippen LogP contribution in [0.5, 0.6) is 0 Å². The van der Waals surface area contributed by atoms with Crippen LogP contribution in [0.25, 0.3) is 17.0 Å². The summed E-state index contributed by atoms with van der Waals surface area (Å²) in [6, 6.07) is 7.77. The molecule has 0 N–H and O–H groups in total. The van der Waals surface area contributed by atoms with E-state index in [0.717, 1.165) is 30.0 Å². The predicted molar refractivity (Wildman–Crippen MR) is 85.4 cm³/mol. The molecule has 0 radical (unpaired) electrons. The number of halogens is 1. The SMILES string of the molecule is CN1CCCCC1c1nc2cccnc2n1-c1ccc(Cl)o1. The summed E-state index contributed by atoms with van der Waals surface area (Å²) in [4.78, 5) is 11.7. The van der Waals surface area contributed by atoms with E-state index in [1.807, 2.05) is 22.8 Å². The summed E-state index contributed by atoms with van der Waals surface area (Å²) >= 11 is 5.96. The Morgan fingerprint density at radius 1 is 1.27 bits per heavy atom. The number of imidazole rings is 1. The molecule has 22 heavy (non-hydrogen) atoms. The first kappa shape index (κ1) is 13.8. The molecule has 1 saturated heterocycles. The maximum absolute atomic E-state index is 5.96. The molecule has 3 aromatic heterocycles. The molecule has 1 aliphatic heterocycles. The number of pyridine rings is 1. The first-order valence-corrected chi connectivity index (χ1v) is 7.91. The van der Waals surface area contributed by atoms with Crippen molar-refractivity contribution in [3.8, 4) is 5.88 Å². The number of hydrogen-bond donors (Lipinski definition) is 0. The lowest BCUT2D eigenvalue weighted by molar-refractivity contribution is 0.177. The zero-order valence-corrected chi connectivity index (χ0v) is 13.1. The molecule has 4 heterocycles. The van der Waals surface area contributed by atoms with Crippen LogP contribution < -0.4 is 0 Å². The van der Waals surface area contributed by atoms with Crippen LogP contribution in [0.15, 0.2) is 34.9 Å².